The number of amides is 1. The van der Waals surface area contributed by atoms with Crippen LogP contribution < -0.4 is 38.4 Å². The van der Waals surface area contributed by atoms with Gasteiger partial charge in [-0.2, -0.15) is 5.10 Å². The number of aldehydes is 1. The highest BCUT2D eigenvalue weighted by Crippen LogP contribution is 2.27. The summed E-state index contributed by atoms with van der Waals surface area (Å²) in [5.74, 6) is 1.21. The van der Waals surface area contributed by atoms with Crippen LogP contribution in [0.1, 0.15) is 21.5 Å². The van der Waals surface area contributed by atoms with E-state index in [2.05, 4.69) is 25.7 Å². The van der Waals surface area contributed by atoms with E-state index in [4.69, 9.17) is 38.6 Å². The minimum Gasteiger partial charge on any atom is -0.490 e. The fraction of sp³-hybridized carbons (Fsp3) is 0.0909. The molecule has 0 aliphatic heterocycles. The van der Waals surface area contributed by atoms with E-state index in [0.717, 1.165) is 18.2 Å². The molecule has 4 rings (SSSR count). The standard InChI is InChI=1S/C25H25F2N9O4.C8H10N4O/c1-32-19-11-21(17(27)10-15(19)25(38)39)40-7-4-13-8-20(14(9-16(13)26)23(30)35-31)34-24(37)18(28)2-3-22(29)36-6-5-33-12-36;9-7(5-13)1-2-8(10)12-4-3-11-6-12/h2-3,5-6,8-12,28-29,32H,4,7,31H2,1H3,(H2,30,35)(H,34,37)(H,38,39);1-6H,9-10H2/b3-2-,28-18?,29-22?;7-1-,8-2+. The molecule has 2 aromatic carbocycles. The van der Waals surface area contributed by atoms with Crippen LogP contribution in [-0.2, 0) is 16.0 Å². The molecule has 1 amide bonds. The van der Waals surface area contributed by atoms with Gasteiger partial charge in [-0.25, -0.2) is 23.5 Å². The monoisotopic (exact) mass is 731 g/mol. The van der Waals surface area contributed by atoms with Crippen LogP contribution in [-0.4, -0.2) is 73.4 Å². The Morgan fingerprint density at radius 3 is 2.21 bits per heavy atom. The molecule has 0 aliphatic carbocycles. The number of aromatic carboxylic acids is 1. The summed E-state index contributed by atoms with van der Waals surface area (Å²) in [4.78, 5) is 41.7. The molecule has 13 N–H and O–H groups in total. The summed E-state index contributed by atoms with van der Waals surface area (Å²) < 4.78 is 37.6. The minimum atomic E-state index is -1.33. The summed E-state index contributed by atoms with van der Waals surface area (Å²) in [6.07, 6.45) is 14.9. The molecule has 20 heteroatoms. The highest BCUT2D eigenvalue weighted by molar-refractivity contribution is 6.46. The van der Waals surface area contributed by atoms with Crippen molar-refractivity contribution in [3.05, 3.63) is 120 Å². The summed E-state index contributed by atoms with van der Waals surface area (Å²) >= 11 is 0. The number of allylic oxidation sites excluding steroid dienone is 4. The van der Waals surface area contributed by atoms with Crippen molar-refractivity contribution in [3.63, 3.8) is 0 Å². The van der Waals surface area contributed by atoms with Gasteiger partial charge < -0.3 is 43.5 Å². The summed E-state index contributed by atoms with van der Waals surface area (Å²) in [5, 5.41) is 33.5. The summed E-state index contributed by atoms with van der Waals surface area (Å²) in [7, 11) is 1.46. The van der Waals surface area contributed by atoms with E-state index in [1.807, 2.05) is 0 Å². The van der Waals surface area contributed by atoms with Crippen molar-refractivity contribution in [1.29, 1.82) is 10.8 Å². The fourth-order valence-electron chi connectivity index (χ4n) is 4.15. The first-order chi connectivity index (χ1) is 25.3. The van der Waals surface area contributed by atoms with Crippen LogP contribution in [0, 0.1) is 22.5 Å². The molecule has 2 aromatic heterocycles. The number of carboxylic acids is 1. The molecule has 2 heterocycles. The molecule has 4 aromatic rings. The number of nitrogens with zero attached hydrogens (tertiary/aromatic N) is 5. The number of carbonyl (C=O) groups excluding carboxylic acids is 2. The van der Waals surface area contributed by atoms with Crippen LogP contribution in [0.3, 0.4) is 0 Å². The number of imidazole rings is 2. The summed E-state index contributed by atoms with van der Waals surface area (Å²) in [6, 6.07) is 4.22. The average Bonchev–Trinajstić information content (AvgIpc) is 3.90. The Morgan fingerprint density at radius 2 is 1.62 bits per heavy atom. The van der Waals surface area contributed by atoms with Gasteiger partial charge in [0, 0.05) is 49.9 Å². The second-order valence-electron chi connectivity index (χ2n) is 10.4. The zero-order valence-corrected chi connectivity index (χ0v) is 28.0. The van der Waals surface area contributed by atoms with Crippen LogP contribution in [0.2, 0.25) is 0 Å². The number of hydrogen-bond acceptors (Lipinski definition) is 13. The van der Waals surface area contributed by atoms with Crippen LogP contribution in [0.15, 0.2) is 96.8 Å². The first-order valence-electron chi connectivity index (χ1n) is 15.0. The Bertz CT molecular complexity index is 2090. The minimum absolute atomic E-state index is 0.00889. The predicted molar refractivity (Wildman–Crippen MR) is 193 cm³/mol. The number of aromatic nitrogens is 4. The van der Waals surface area contributed by atoms with Gasteiger partial charge in [0.1, 0.15) is 35.8 Å². The van der Waals surface area contributed by atoms with E-state index < -0.39 is 29.2 Å². The smallest absolute Gasteiger partial charge is 0.337 e. The Morgan fingerprint density at radius 1 is 0.962 bits per heavy atom. The number of amidine groups is 1. The molecule has 0 saturated carbocycles. The molecular formula is C33H35F2N13O5. The molecule has 0 bridgehead atoms. The van der Waals surface area contributed by atoms with Crippen molar-refractivity contribution in [2.24, 2.45) is 28.1 Å². The van der Waals surface area contributed by atoms with E-state index in [9.17, 15) is 28.3 Å². The van der Waals surface area contributed by atoms with Gasteiger partial charge in [0.15, 0.2) is 23.7 Å². The molecule has 0 unspecified atom stereocenters. The lowest BCUT2D eigenvalue weighted by molar-refractivity contribution is -0.110. The molecule has 276 valence electrons. The van der Waals surface area contributed by atoms with E-state index in [1.165, 1.54) is 60.7 Å². The Kier molecular flexibility index (Phi) is 14.2. The number of nitrogens with two attached hydrogens (primary N) is 4. The quantitative estimate of drug-likeness (QED) is 0.0171. The number of anilines is 2. The SMILES string of the molecule is CNc1cc(OCCc2cc(NC(=O)C(=N)/C=C\C(=N)n3ccnc3)c(/C(N)=N/N)cc2F)c(F)cc1C(=O)O.N/C(C=O)=C\C=C(/N)n1ccnc1. The molecule has 0 spiro atoms. The number of nitrogens with one attached hydrogen (secondary N) is 4. The van der Waals surface area contributed by atoms with Gasteiger partial charge in [-0.3, -0.25) is 29.5 Å². The van der Waals surface area contributed by atoms with E-state index in [1.54, 1.807) is 23.3 Å². The van der Waals surface area contributed by atoms with Crippen molar-refractivity contribution in [2.75, 3.05) is 24.3 Å². The number of rotatable bonds is 14. The van der Waals surface area contributed by atoms with Crippen molar-refractivity contribution in [1.82, 2.24) is 19.1 Å². The average molecular weight is 732 g/mol. The van der Waals surface area contributed by atoms with Crippen molar-refractivity contribution < 1.29 is 33.0 Å². The van der Waals surface area contributed by atoms with Crippen LogP contribution in [0.4, 0.5) is 20.2 Å². The van der Waals surface area contributed by atoms with Gasteiger partial charge in [-0.15, -0.1) is 0 Å². The van der Waals surface area contributed by atoms with Gasteiger partial charge in [-0.05, 0) is 48.1 Å². The predicted octanol–water partition coefficient (Wildman–Crippen LogP) is 1.82. The molecular weight excluding hydrogens is 696 g/mol. The van der Waals surface area contributed by atoms with Gasteiger partial charge in [0.25, 0.3) is 5.91 Å². The van der Waals surface area contributed by atoms with Crippen LogP contribution in [0.25, 0.3) is 5.82 Å². The summed E-state index contributed by atoms with van der Waals surface area (Å²) in [6.45, 7) is -0.217. The Labute approximate surface area is 300 Å². The molecule has 53 heavy (non-hydrogen) atoms. The number of carbonyl (C=O) groups is 3. The number of halogens is 2. The maximum atomic E-state index is 14.9. The van der Waals surface area contributed by atoms with Crippen LogP contribution >= 0.6 is 0 Å². The number of carboxylic acid groups (broad SMARTS) is 1. The molecule has 0 radical (unpaired) electrons. The number of benzene rings is 2. The summed E-state index contributed by atoms with van der Waals surface area (Å²) in [5.41, 5.74) is 16.1. The topological polar surface area (TPSA) is 305 Å². The third kappa shape index (κ3) is 11.2. The first kappa shape index (κ1) is 39.8. The largest absolute Gasteiger partial charge is 0.490 e. The third-order valence-corrected chi connectivity index (χ3v) is 6.87. The fourth-order valence-corrected chi connectivity index (χ4v) is 4.15. The third-order valence-electron chi connectivity index (χ3n) is 6.87. The van der Waals surface area contributed by atoms with Crippen molar-refractivity contribution >= 4 is 52.7 Å². The Balaban J connectivity index is 0.000000489. The normalized spacial score (nSPS) is 11.7. The lowest BCUT2D eigenvalue weighted by Crippen LogP contribution is -2.25. The van der Waals surface area contributed by atoms with Crippen molar-refractivity contribution in [2.45, 2.75) is 6.42 Å². The lowest BCUT2D eigenvalue weighted by Gasteiger charge is -2.15. The highest BCUT2D eigenvalue weighted by Gasteiger charge is 2.18. The second kappa shape index (κ2) is 18.9. The number of hydrazone groups is 1. The zero-order chi connectivity index (χ0) is 39.1. The number of hydrogen-bond donors (Lipinski definition) is 9. The van der Waals surface area contributed by atoms with Crippen LogP contribution in [0.5, 0.6) is 5.75 Å². The molecule has 0 aliphatic rings. The van der Waals surface area contributed by atoms with E-state index >= 15 is 0 Å². The van der Waals surface area contributed by atoms with Crippen molar-refractivity contribution in [3.8, 4) is 5.75 Å². The highest BCUT2D eigenvalue weighted by atomic mass is 19.1. The van der Waals surface area contributed by atoms with E-state index in [0.29, 0.717) is 12.1 Å². The maximum absolute atomic E-state index is 14.9. The van der Waals surface area contributed by atoms with Gasteiger partial charge >= 0.3 is 5.97 Å². The molecule has 0 saturated heterocycles. The molecule has 18 nitrogen and oxygen atoms in total. The van der Waals surface area contributed by atoms with Gasteiger partial charge in [0.2, 0.25) is 0 Å². The Hall–Kier alpha value is -7.64. The van der Waals surface area contributed by atoms with Gasteiger partial charge in [-0.1, -0.05) is 0 Å². The lowest BCUT2D eigenvalue weighted by atomic mass is 10.0. The maximum Gasteiger partial charge on any atom is 0.337 e. The first-order valence-corrected chi connectivity index (χ1v) is 15.0. The second-order valence-corrected chi connectivity index (χ2v) is 10.4. The van der Waals surface area contributed by atoms with Gasteiger partial charge in [0.05, 0.1) is 29.2 Å². The molecule has 0 fully saturated rings. The molecule has 0 atom stereocenters. The number of ether oxygens (including phenoxy) is 1. The van der Waals surface area contributed by atoms with E-state index in [-0.39, 0.29) is 64.2 Å². The zero-order valence-electron chi connectivity index (χ0n) is 28.0.